The van der Waals surface area contributed by atoms with Gasteiger partial charge in [0.05, 0.1) is 76.7 Å². The van der Waals surface area contributed by atoms with Crippen molar-refractivity contribution < 1.29 is 43.8 Å². The van der Waals surface area contributed by atoms with Crippen LogP contribution in [-0.4, -0.2) is 91.3 Å². The molecule has 0 amide bonds. The SMILES string of the molecule is Cc1cccc(-c2cc(-c3ccc(CO)c(CO)c3)[nH]n2)c1.Cc1cccc(-c2cc(-c3ccc(N)cc3)[nH]n2)c1.Cc1cccc(-c2cc(-c3ccc(O)c(O)c3)[nH]n2)c1.Cc1cccc(-c2cc(-c3ccc4c(c3)OCO4)[nH]n2)c1.Cc1cccc(-c2cc(-c3ccc4c(c3)OCO4)nn2CCF)c1. The summed E-state index contributed by atoms with van der Waals surface area (Å²) in [6.07, 6.45) is 0. The van der Waals surface area contributed by atoms with Crippen LogP contribution in [0.15, 0.2) is 249 Å². The molecule has 0 saturated heterocycles. The van der Waals surface area contributed by atoms with Crippen molar-refractivity contribution >= 4 is 5.69 Å². The van der Waals surface area contributed by atoms with E-state index >= 15 is 0 Å². The summed E-state index contributed by atoms with van der Waals surface area (Å²) in [5.74, 6) is 2.74. The van der Waals surface area contributed by atoms with Gasteiger partial charge in [-0.2, -0.15) is 25.5 Å². The molecule has 0 radical (unpaired) electrons. The minimum atomic E-state index is -0.457. The maximum absolute atomic E-state index is 12.9. The number of nitrogens with two attached hydrogens (primary N) is 1. The fourth-order valence-electron chi connectivity index (χ4n) is 12.1. The Morgan fingerprint density at radius 1 is 0.358 bits per heavy atom. The largest absolute Gasteiger partial charge is 0.504 e. The zero-order valence-electron chi connectivity index (χ0n) is 59.0. The summed E-state index contributed by atoms with van der Waals surface area (Å²) in [5.41, 5.74) is 33.0. The minimum absolute atomic E-state index is 0.0757. The van der Waals surface area contributed by atoms with E-state index in [0.717, 1.165) is 152 Å². The Bertz CT molecular complexity index is 5520. The predicted molar refractivity (Wildman–Crippen MR) is 412 cm³/mol. The molecule has 106 heavy (non-hydrogen) atoms. The van der Waals surface area contributed by atoms with Crippen molar-refractivity contribution in [3.63, 3.8) is 0 Å². The van der Waals surface area contributed by atoms with Crippen LogP contribution in [0.2, 0.25) is 0 Å². The number of hydrogen-bond acceptors (Lipinski definition) is 14. The molecule has 0 fully saturated rings. The number of aromatic hydroxyl groups is 2. The molecule has 0 saturated carbocycles. The quantitative estimate of drug-likeness (QED) is 0.0362. The van der Waals surface area contributed by atoms with Crippen molar-refractivity contribution in [1.29, 1.82) is 0 Å². The van der Waals surface area contributed by atoms with Crippen molar-refractivity contribution in [2.24, 2.45) is 0 Å². The number of fused-ring (bicyclic) bond motifs is 2. The molecule has 5 aromatic heterocycles. The number of aromatic nitrogens is 10. The first-order chi connectivity index (χ1) is 51.6. The zero-order valence-corrected chi connectivity index (χ0v) is 59.0. The van der Waals surface area contributed by atoms with Gasteiger partial charge < -0.3 is 45.1 Å². The van der Waals surface area contributed by atoms with Crippen molar-refractivity contribution in [2.75, 3.05) is 26.0 Å². The molecule has 532 valence electrons. The number of aryl methyl sites for hydroxylation is 6. The van der Waals surface area contributed by atoms with E-state index in [1.54, 1.807) is 10.7 Å². The number of aliphatic hydroxyl groups is 2. The molecule has 0 unspecified atom stereocenters. The number of halogens is 1. The summed E-state index contributed by atoms with van der Waals surface area (Å²) in [6, 6.07) is 80.7. The first kappa shape index (κ1) is 71.1. The van der Waals surface area contributed by atoms with Gasteiger partial charge in [-0.25, -0.2) is 4.39 Å². The van der Waals surface area contributed by atoms with Crippen molar-refractivity contribution in [1.82, 2.24) is 50.6 Å². The van der Waals surface area contributed by atoms with Crippen LogP contribution >= 0.6 is 0 Å². The van der Waals surface area contributed by atoms with Gasteiger partial charge in [-0.1, -0.05) is 143 Å². The maximum atomic E-state index is 12.9. The summed E-state index contributed by atoms with van der Waals surface area (Å²) in [7, 11) is 0. The van der Waals surface area contributed by atoms with Crippen molar-refractivity contribution in [2.45, 2.75) is 54.4 Å². The number of anilines is 1. The van der Waals surface area contributed by atoms with Gasteiger partial charge >= 0.3 is 0 Å². The Hall–Kier alpha value is -13.3. The third-order valence-corrected chi connectivity index (χ3v) is 17.7. The predicted octanol–water partition coefficient (Wildman–Crippen LogP) is 18.1. The van der Waals surface area contributed by atoms with E-state index in [0.29, 0.717) is 5.75 Å². The van der Waals surface area contributed by atoms with Crippen LogP contribution < -0.4 is 24.7 Å². The second-order valence-electron chi connectivity index (χ2n) is 25.6. The molecule has 0 atom stereocenters. The molecule has 10 N–H and O–H groups in total. The van der Waals surface area contributed by atoms with Crippen molar-refractivity contribution in [3.8, 4) is 147 Å². The van der Waals surface area contributed by atoms with E-state index < -0.39 is 6.67 Å². The lowest BCUT2D eigenvalue weighted by Crippen LogP contribution is -2.03. The molecule has 0 aliphatic carbocycles. The number of aromatic amines is 4. The lowest BCUT2D eigenvalue weighted by Gasteiger charge is -2.06. The summed E-state index contributed by atoms with van der Waals surface area (Å²) in [4.78, 5) is 0. The highest BCUT2D eigenvalue weighted by atomic mass is 19.1. The second kappa shape index (κ2) is 32.8. The zero-order chi connectivity index (χ0) is 73.6. The molecule has 2 aliphatic rings. The number of nitrogen functional groups attached to an aromatic ring is 1. The maximum Gasteiger partial charge on any atom is 0.231 e. The smallest absolute Gasteiger partial charge is 0.231 e. The van der Waals surface area contributed by atoms with E-state index in [-0.39, 0.29) is 44.8 Å². The molecular formula is C86H78FN11O8. The molecule has 17 rings (SSSR count). The fourth-order valence-corrected chi connectivity index (χ4v) is 12.1. The first-order valence-electron chi connectivity index (χ1n) is 34.3. The Balaban J connectivity index is 0.000000118. The van der Waals surface area contributed by atoms with E-state index in [4.69, 9.17) is 24.7 Å². The molecule has 15 aromatic rings. The Kier molecular flexibility index (Phi) is 22.0. The molecule has 20 heteroatoms. The Morgan fingerprint density at radius 3 is 1.17 bits per heavy atom. The number of aliphatic hydroxyl groups excluding tert-OH is 2. The summed E-state index contributed by atoms with van der Waals surface area (Å²) in [5, 5.41) is 71.7. The van der Waals surface area contributed by atoms with Gasteiger partial charge in [0.2, 0.25) is 13.6 Å². The van der Waals surface area contributed by atoms with Gasteiger partial charge in [-0.3, -0.25) is 25.1 Å². The van der Waals surface area contributed by atoms with E-state index in [1.807, 2.05) is 178 Å². The highest BCUT2D eigenvalue weighted by Crippen LogP contribution is 2.39. The number of rotatable bonds is 14. The lowest BCUT2D eigenvalue weighted by molar-refractivity contribution is 0.173. The molecule has 2 aliphatic heterocycles. The van der Waals surface area contributed by atoms with Gasteiger partial charge in [-0.15, -0.1) is 0 Å². The number of ether oxygens (including phenoxy) is 4. The van der Waals surface area contributed by atoms with Gasteiger partial charge in [-0.05, 0) is 190 Å². The van der Waals surface area contributed by atoms with Gasteiger partial charge in [0.25, 0.3) is 0 Å². The Morgan fingerprint density at radius 2 is 0.726 bits per heavy atom. The van der Waals surface area contributed by atoms with Gasteiger partial charge in [0.1, 0.15) is 6.67 Å². The lowest BCUT2D eigenvalue weighted by atomic mass is 10.0. The van der Waals surface area contributed by atoms with Crippen LogP contribution in [0, 0.1) is 34.6 Å². The van der Waals surface area contributed by atoms with E-state index in [9.17, 15) is 24.8 Å². The van der Waals surface area contributed by atoms with Crippen molar-refractivity contribution in [3.05, 3.63) is 288 Å². The first-order valence-corrected chi connectivity index (χ1v) is 34.3. The molecular weight excluding hydrogens is 1330 g/mol. The Labute approximate surface area is 612 Å². The number of benzene rings is 10. The van der Waals surface area contributed by atoms with Crippen LogP contribution in [-0.2, 0) is 19.8 Å². The molecule has 0 spiro atoms. The number of phenols is 2. The number of H-pyrrole nitrogens is 4. The summed E-state index contributed by atoms with van der Waals surface area (Å²) < 4.78 is 36.2. The molecule has 10 aromatic carbocycles. The normalized spacial score (nSPS) is 11.5. The summed E-state index contributed by atoms with van der Waals surface area (Å²) >= 11 is 0. The number of hydrogen-bond donors (Lipinski definition) is 9. The fraction of sp³-hybridized carbons (Fsp3) is 0.128. The second-order valence-corrected chi connectivity index (χ2v) is 25.6. The van der Waals surface area contributed by atoms with Crippen LogP contribution in [0.5, 0.6) is 34.5 Å². The van der Waals surface area contributed by atoms with Gasteiger partial charge in [0.15, 0.2) is 34.5 Å². The third kappa shape index (κ3) is 17.2. The van der Waals surface area contributed by atoms with Crippen LogP contribution in [0.1, 0.15) is 38.9 Å². The van der Waals surface area contributed by atoms with E-state index in [2.05, 4.69) is 133 Å². The average molecular weight is 1410 g/mol. The minimum Gasteiger partial charge on any atom is -0.504 e. The van der Waals surface area contributed by atoms with Crippen LogP contribution in [0.4, 0.5) is 10.1 Å². The van der Waals surface area contributed by atoms with Crippen LogP contribution in [0.3, 0.4) is 0 Å². The van der Waals surface area contributed by atoms with Crippen LogP contribution in [0.25, 0.3) is 113 Å². The monoisotopic (exact) mass is 1410 g/mol. The number of alkyl halides is 1. The highest BCUT2D eigenvalue weighted by Gasteiger charge is 2.20. The van der Waals surface area contributed by atoms with E-state index in [1.165, 1.54) is 34.4 Å². The molecule has 19 nitrogen and oxygen atoms in total. The topological polar surface area (TPSA) is 276 Å². The number of nitrogens with one attached hydrogen (secondary N) is 4. The third-order valence-electron chi connectivity index (χ3n) is 17.7. The number of phenolic OH excluding ortho intramolecular Hbond substituents is 2. The molecule has 0 bridgehead atoms. The van der Waals surface area contributed by atoms with Gasteiger partial charge in [0, 0.05) is 50.2 Å². The number of nitrogens with zero attached hydrogens (tertiary/aromatic N) is 6. The average Bonchev–Trinajstić information content (AvgIpc) is 1.65. The molecule has 7 heterocycles. The summed E-state index contributed by atoms with van der Waals surface area (Å²) in [6.45, 7) is 10.4. The highest BCUT2D eigenvalue weighted by molar-refractivity contribution is 5.75. The standard InChI is InChI=1S/C19H17FN2O2.C18H18N2O2.C17H14N2O2.C16H15N3.C16H14N2O2/c1-13-3-2-4-15(9-13)17-11-16(21-22(17)8-7-20)14-5-6-18-19(10-14)24-12-23-18;1-12-3-2-4-13(7-12)17-9-18(20-19-17)14-5-6-15(10-21)16(8-14)11-22;1-11-3-2-4-12(7-11)14-9-15(19-18-14)13-5-6-16-17(8-13)21-10-20-16;1-11-3-2-4-13(9-11)16-10-15(18-19-16)12-5-7-14(17)8-6-12;1-10-3-2-4-11(7-10)13-9-14(18-17-13)12-5-6-15(19)16(20)8-12/h2-6,9-11H,7-8,12H2,1H3;2-9,21-22H,10-11H2,1H3,(H,19,20);2-9H,10H2,1H3,(H,18,19);2-10H,17H2,1H3,(H,18,19);2-9,19-20H,1H3,(H,17,18).